The Hall–Kier alpha value is -4.47. The van der Waals surface area contributed by atoms with E-state index in [4.69, 9.17) is 4.74 Å². The third-order valence-electron chi connectivity index (χ3n) is 11.6. The summed E-state index contributed by atoms with van der Waals surface area (Å²) in [6.45, 7) is 7.05. The average Bonchev–Trinajstić information content (AvgIpc) is 3.57. The molecule has 6 atom stereocenters. The monoisotopic (exact) mass is 741 g/mol. The molecule has 3 aromatic rings. The SMILES string of the molecule is C[C@H]1[C@H]([Si](C)(C)O)[C@@H](CC(=O)N2Cc3ccccc3C[C@H]2CO)O[C@]12C(=O)N(Cc1cccc(NC(=O)C3CCCNC3)c1)c1ccc([N+](=O)[O-])cc12. The Morgan fingerprint density at radius 2 is 1.89 bits per heavy atom. The number of benzene rings is 3. The maximum absolute atomic E-state index is 15.0. The molecule has 1 unspecified atom stereocenters. The molecule has 7 rings (SSSR count). The number of aliphatic hydroxyl groups excluding tert-OH is 1. The number of carbonyl (C=O) groups excluding carboxylic acids is 3. The molecule has 4 heterocycles. The fourth-order valence-corrected chi connectivity index (χ4v) is 11.7. The van der Waals surface area contributed by atoms with Crippen LogP contribution in [0.1, 0.15) is 48.4 Å². The minimum Gasteiger partial charge on any atom is -0.432 e. The standard InChI is InChI=1S/C39H47N5O8Si/c1-24-36(53(2,3)51)34(19-35(46)42-22-28-10-5-4-9-26(28)17-31(42)23-45)52-39(24)32-18-30(44(49)50)13-14-33(32)43(38(39)48)21-25-8-6-12-29(16-25)41-37(47)27-11-7-15-40-20-27/h4-6,8-10,12-14,16,18,24,27,31,34,36,40,45,51H,7,11,15,17,19-23H2,1-3H3,(H,41,47)/t24-,27?,31-,34+,36-,39+/m0/s1. The van der Waals surface area contributed by atoms with Crippen molar-refractivity contribution in [3.63, 3.8) is 0 Å². The van der Waals surface area contributed by atoms with Gasteiger partial charge in [-0.15, -0.1) is 0 Å². The molecule has 2 fully saturated rings. The van der Waals surface area contributed by atoms with Gasteiger partial charge in [0, 0.05) is 47.9 Å². The van der Waals surface area contributed by atoms with Crippen molar-refractivity contribution in [2.75, 3.05) is 29.9 Å². The number of amides is 3. The topological polar surface area (TPSA) is 175 Å². The predicted molar refractivity (Wildman–Crippen MR) is 200 cm³/mol. The van der Waals surface area contributed by atoms with Gasteiger partial charge in [0.15, 0.2) is 13.9 Å². The molecule has 280 valence electrons. The van der Waals surface area contributed by atoms with Gasteiger partial charge in [0.05, 0.1) is 48.2 Å². The molecule has 14 heteroatoms. The van der Waals surface area contributed by atoms with Gasteiger partial charge in [0.2, 0.25) is 11.8 Å². The van der Waals surface area contributed by atoms with Crippen LogP contribution < -0.4 is 15.5 Å². The highest BCUT2D eigenvalue weighted by atomic mass is 28.4. The Labute approximate surface area is 309 Å². The summed E-state index contributed by atoms with van der Waals surface area (Å²) >= 11 is 0. The number of hydrogen-bond acceptors (Lipinski definition) is 9. The molecule has 53 heavy (non-hydrogen) atoms. The van der Waals surface area contributed by atoms with Crippen molar-refractivity contribution >= 4 is 43.1 Å². The third kappa shape index (κ3) is 6.78. The molecule has 0 aromatic heterocycles. The van der Waals surface area contributed by atoms with Crippen molar-refractivity contribution in [1.82, 2.24) is 10.2 Å². The second kappa shape index (κ2) is 14.4. The molecule has 4 N–H and O–H groups in total. The number of carbonyl (C=O) groups is 3. The van der Waals surface area contributed by atoms with E-state index in [1.54, 1.807) is 35.0 Å². The highest BCUT2D eigenvalue weighted by Crippen LogP contribution is 2.60. The first-order valence-corrected chi connectivity index (χ1v) is 21.4. The van der Waals surface area contributed by atoms with Crippen LogP contribution in [0.3, 0.4) is 0 Å². The van der Waals surface area contributed by atoms with Crippen LogP contribution in [0.4, 0.5) is 17.1 Å². The van der Waals surface area contributed by atoms with E-state index in [0.29, 0.717) is 36.4 Å². The lowest BCUT2D eigenvalue weighted by atomic mass is 9.82. The number of ether oxygens (including phenoxy) is 1. The number of hydrogen-bond donors (Lipinski definition) is 4. The first kappa shape index (κ1) is 36.9. The number of nitrogens with zero attached hydrogens (tertiary/aromatic N) is 3. The molecule has 3 aromatic carbocycles. The van der Waals surface area contributed by atoms with Crippen molar-refractivity contribution in [2.45, 2.75) is 82.1 Å². The summed E-state index contributed by atoms with van der Waals surface area (Å²) in [7, 11) is -3.16. The van der Waals surface area contributed by atoms with Crippen LogP contribution in [0.2, 0.25) is 18.6 Å². The van der Waals surface area contributed by atoms with Gasteiger partial charge in [-0.05, 0) is 73.8 Å². The van der Waals surface area contributed by atoms with Gasteiger partial charge in [-0.1, -0.05) is 43.3 Å². The van der Waals surface area contributed by atoms with Crippen molar-refractivity contribution < 1.29 is 33.9 Å². The average molecular weight is 742 g/mol. The summed E-state index contributed by atoms with van der Waals surface area (Å²) in [6.07, 6.45) is 1.23. The predicted octanol–water partition coefficient (Wildman–Crippen LogP) is 4.21. The van der Waals surface area contributed by atoms with E-state index in [1.165, 1.54) is 12.1 Å². The smallest absolute Gasteiger partial charge is 0.269 e. The van der Waals surface area contributed by atoms with Crippen LogP contribution in [0.5, 0.6) is 0 Å². The second-order valence-electron chi connectivity index (χ2n) is 15.5. The van der Waals surface area contributed by atoms with Crippen LogP contribution in [-0.4, -0.2) is 77.6 Å². The lowest BCUT2D eigenvalue weighted by molar-refractivity contribution is -0.385. The molecule has 0 aliphatic carbocycles. The Morgan fingerprint density at radius 3 is 2.58 bits per heavy atom. The van der Waals surface area contributed by atoms with Gasteiger partial charge in [0.1, 0.15) is 0 Å². The zero-order valence-electron chi connectivity index (χ0n) is 30.3. The van der Waals surface area contributed by atoms with Gasteiger partial charge in [0.25, 0.3) is 11.6 Å². The fourth-order valence-electron chi connectivity index (χ4n) is 9.12. The largest absolute Gasteiger partial charge is 0.432 e. The van der Waals surface area contributed by atoms with Crippen LogP contribution >= 0.6 is 0 Å². The molecule has 4 aliphatic heterocycles. The first-order chi connectivity index (χ1) is 25.3. The maximum Gasteiger partial charge on any atom is 0.269 e. The van der Waals surface area contributed by atoms with Crippen molar-refractivity contribution in [2.24, 2.45) is 11.8 Å². The number of anilines is 2. The number of piperidine rings is 1. The number of rotatable bonds is 9. The van der Waals surface area contributed by atoms with Crippen molar-refractivity contribution in [3.05, 3.63) is 99.1 Å². The van der Waals surface area contributed by atoms with Gasteiger partial charge in [-0.3, -0.25) is 24.5 Å². The molecule has 0 radical (unpaired) electrons. The summed E-state index contributed by atoms with van der Waals surface area (Å²) in [6, 6.07) is 19.0. The maximum atomic E-state index is 15.0. The first-order valence-electron chi connectivity index (χ1n) is 18.4. The minimum absolute atomic E-state index is 0.0714. The van der Waals surface area contributed by atoms with Crippen LogP contribution in [0.15, 0.2) is 66.7 Å². The zero-order chi connectivity index (χ0) is 37.7. The lowest BCUT2D eigenvalue weighted by Crippen LogP contribution is -2.48. The zero-order valence-corrected chi connectivity index (χ0v) is 31.3. The van der Waals surface area contributed by atoms with E-state index in [1.807, 2.05) is 49.4 Å². The molecule has 0 saturated carbocycles. The second-order valence-corrected chi connectivity index (χ2v) is 19.5. The molecule has 4 aliphatic rings. The summed E-state index contributed by atoms with van der Waals surface area (Å²) in [5, 5.41) is 28.6. The molecule has 3 amide bonds. The van der Waals surface area contributed by atoms with Gasteiger partial charge in [-0.2, -0.15) is 0 Å². The number of nitrogens with one attached hydrogen (secondary N) is 2. The fraction of sp³-hybridized carbons (Fsp3) is 0.462. The number of nitro groups is 1. The van der Waals surface area contributed by atoms with Gasteiger partial charge < -0.3 is 35.1 Å². The number of non-ortho nitro benzene ring substituents is 1. The number of nitro benzene ring substituents is 1. The Kier molecular flexibility index (Phi) is 10.0. The molecule has 0 bridgehead atoms. The van der Waals surface area contributed by atoms with E-state index >= 15 is 0 Å². The van der Waals surface area contributed by atoms with E-state index < -0.39 is 48.4 Å². The summed E-state index contributed by atoms with van der Waals surface area (Å²) < 4.78 is 6.83. The quantitative estimate of drug-likeness (QED) is 0.142. The Balaban J connectivity index is 1.20. The minimum atomic E-state index is -3.16. The van der Waals surface area contributed by atoms with Crippen LogP contribution in [-0.2, 0) is 44.2 Å². The highest BCUT2D eigenvalue weighted by Gasteiger charge is 2.66. The third-order valence-corrected chi connectivity index (χ3v) is 14.1. The molecule has 13 nitrogen and oxygen atoms in total. The normalized spacial score (nSPS) is 26.7. The lowest BCUT2D eigenvalue weighted by Gasteiger charge is -2.37. The molecule has 1 spiro atoms. The van der Waals surface area contributed by atoms with Gasteiger partial charge in [-0.25, -0.2) is 0 Å². The molecule has 2 saturated heterocycles. The summed E-state index contributed by atoms with van der Waals surface area (Å²) in [5.74, 6) is -1.54. The van der Waals surface area contributed by atoms with Crippen molar-refractivity contribution in [3.8, 4) is 0 Å². The summed E-state index contributed by atoms with van der Waals surface area (Å²) in [4.78, 5) is 68.6. The Bertz CT molecular complexity index is 1930. The van der Waals surface area contributed by atoms with E-state index in [0.717, 1.165) is 36.1 Å². The Morgan fingerprint density at radius 1 is 1.11 bits per heavy atom. The number of aliphatic hydroxyl groups is 1. The van der Waals surface area contributed by atoms with E-state index in [-0.39, 0.29) is 43.0 Å². The van der Waals surface area contributed by atoms with Crippen LogP contribution in [0, 0.1) is 22.0 Å². The molecular weight excluding hydrogens is 695 g/mol. The van der Waals surface area contributed by atoms with Gasteiger partial charge >= 0.3 is 0 Å². The number of fused-ring (bicyclic) bond motifs is 3. The van der Waals surface area contributed by atoms with Crippen molar-refractivity contribution in [1.29, 1.82) is 0 Å². The summed E-state index contributed by atoms with van der Waals surface area (Å²) in [5.41, 5.74) is 1.69. The van der Waals surface area contributed by atoms with E-state index in [2.05, 4.69) is 10.6 Å². The molecular formula is C39H47N5O8Si. The highest BCUT2D eigenvalue weighted by molar-refractivity contribution is 6.71. The van der Waals surface area contributed by atoms with E-state index in [9.17, 15) is 34.4 Å². The van der Waals surface area contributed by atoms with Crippen LogP contribution in [0.25, 0.3) is 0 Å².